The Morgan fingerprint density at radius 2 is 1.65 bits per heavy atom. The van der Waals surface area contributed by atoms with Crippen LogP contribution < -0.4 is 18.9 Å². The molecule has 4 rings (SSSR count). The van der Waals surface area contributed by atoms with Gasteiger partial charge in [-0.25, -0.2) is 4.79 Å². The first-order valence-electron chi connectivity index (χ1n) is 9.48. The normalized spacial score (nSPS) is 13.7. The molecule has 158 valence electrons. The van der Waals surface area contributed by atoms with Crippen LogP contribution in [0.25, 0.3) is 6.08 Å². The van der Waals surface area contributed by atoms with Crippen LogP contribution in [-0.4, -0.2) is 26.0 Å². The molecule has 0 saturated carbocycles. The van der Waals surface area contributed by atoms with Gasteiger partial charge in [0.15, 0.2) is 5.76 Å². The van der Waals surface area contributed by atoms with Crippen LogP contribution in [0.5, 0.6) is 23.0 Å². The van der Waals surface area contributed by atoms with Crippen molar-refractivity contribution < 1.29 is 33.0 Å². The highest BCUT2D eigenvalue weighted by Gasteiger charge is 2.30. The number of ketones is 1. The number of hydrogen-bond donors (Lipinski definition) is 0. The Hall–Kier alpha value is -4.00. The van der Waals surface area contributed by atoms with Gasteiger partial charge in [-0.1, -0.05) is 0 Å². The van der Waals surface area contributed by atoms with E-state index in [2.05, 4.69) is 0 Å². The second kappa shape index (κ2) is 8.02. The van der Waals surface area contributed by atoms with E-state index in [1.54, 1.807) is 49.4 Å². The van der Waals surface area contributed by atoms with E-state index in [0.717, 1.165) is 5.76 Å². The van der Waals surface area contributed by atoms with E-state index in [0.29, 0.717) is 34.1 Å². The fourth-order valence-corrected chi connectivity index (χ4v) is 3.29. The maximum Gasteiger partial charge on any atom is 0.343 e. The minimum Gasteiger partial charge on any atom is -0.497 e. The van der Waals surface area contributed by atoms with E-state index in [1.165, 1.54) is 20.3 Å². The molecular weight excluding hydrogens is 400 g/mol. The van der Waals surface area contributed by atoms with Crippen molar-refractivity contribution in [2.45, 2.75) is 13.8 Å². The molecule has 7 nitrogen and oxygen atoms in total. The Labute approximate surface area is 178 Å². The molecule has 2 heterocycles. The maximum absolute atomic E-state index is 12.8. The number of methoxy groups -OCH3 is 2. The molecule has 0 aliphatic carbocycles. The summed E-state index contributed by atoms with van der Waals surface area (Å²) < 4.78 is 27.1. The number of benzene rings is 2. The number of carbonyl (C=O) groups is 2. The minimum atomic E-state index is -0.595. The third-order valence-corrected chi connectivity index (χ3v) is 4.78. The molecule has 0 saturated heterocycles. The van der Waals surface area contributed by atoms with Crippen molar-refractivity contribution in [2.75, 3.05) is 14.2 Å². The molecule has 1 aliphatic heterocycles. The number of aryl methyl sites for hydroxylation is 2. The second-order valence-electron chi connectivity index (χ2n) is 6.99. The topological polar surface area (TPSA) is 84.2 Å². The van der Waals surface area contributed by atoms with Gasteiger partial charge in [0.05, 0.1) is 25.3 Å². The lowest BCUT2D eigenvalue weighted by Crippen LogP contribution is -2.09. The second-order valence-corrected chi connectivity index (χ2v) is 6.99. The van der Waals surface area contributed by atoms with Crippen molar-refractivity contribution in [3.05, 3.63) is 76.4 Å². The highest BCUT2D eigenvalue weighted by Crippen LogP contribution is 2.38. The molecule has 1 aromatic heterocycles. The van der Waals surface area contributed by atoms with Gasteiger partial charge >= 0.3 is 5.97 Å². The summed E-state index contributed by atoms with van der Waals surface area (Å²) in [5.74, 6) is 2.06. The molecule has 0 spiro atoms. The Bertz CT molecular complexity index is 1190. The van der Waals surface area contributed by atoms with Gasteiger partial charge in [-0.2, -0.15) is 0 Å². The lowest BCUT2D eigenvalue weighted by molar-refractivity contribution is 0.0733. The van der Waals surface area contributed by atoms with Gasteiger partial charge in [0.25, 0.3) is 0 Å². The highest BCUT2D eigenvalue weighted by molar-refractivity contribution is 6.15. The summed E-state index contributed by atoms with van der Waals surface area (Å²) in [7, 11) is 2.99. The van der Waals surface area contributed by atoms with Gasteiger partial charge in [0.2, 0.25) is 5.78 Å². The minimum absolute atomic E-state index is 0.147. The molecule has 0 fully saturated rings. The number of furan rings is 1. The molecule has 1 aliphatic rings. The fourth-order valence-electron chi connectivity index (χ4n) is 3.29. The number of allylic oxidation sites excluding steroid dienone is 1. The average Bonchev–Trinajstić information content (AvgIpc) is 3.30. The van der Waals surface area contributed by atoms with Gasteiger partial charge in [-0.3, -0.25) is 4.79 Å². The quantitative estimate of drug-likeness (QED) is 0.335. The molecule has 0 radical (unpaired) electrons. The van der Waals surface area contributed by atoms with Crippen LogP contribution in [0.3, 0.4) is 0 Å². The lowest BCUT2D eigenvalue weighted by Gasteiger charge is -2.10. The summed E-state index contributed by atoms with van der Waals surface area (Å²) in [6.07, 6.45) is 1.54. The Kier molecular flexibility index (Phi) is 5.25. The van der Waals surface area contributed by atoms with Crippen LogP contribution in [0.4, 0.5) is 0 Å². The van der Waals surface area contributed by atoms with Crippen LogP contribution in [0.2, 0.25) is 0 Å². The van der Waals surface area contributed by atoms with Crippen LogP contribution >= 0.6 is 0 Å². The monoisotopic (exact) mass is 420 g/mol. The summed E-state index contributed by atoms with van der Waals surface area (Å²) in [5, 5.41) is 0. The summed E-state index contributed by atoms with van der Waals surface area (Å²) in [4.78, 5) is 25.4. The van der Waals surface area contributed by atoms with Crippen molar-refractivity contribution in [1.29, 1.82) is 0 Å². The fraction of sp³-hybridized carbons (Fsp3) is 0.167. The zero-order valence-electron chi connectivity index (χ0n) is 17.5. The Morgan fingerprint density at radius 3 is 2.26 bits per heavy atom. The highest BCUT2D eigenvalue weighted by atomic mass is 16.5. The molecule has 0 N–H and O–H groups in total. The van der Waals surface area contributed by atoms with E-state index in [1.807, 2.05) is 6.92 Å². The van der Waals surface area contributed by atoms with Crippen molar-refractivity contribution in [2.24, 2.45) is 0 Å². The summed E-state index contributed by atoms with van der Waals surface area (Å²) in [5.41, 5.74) is 1.32. The first-order valence-corrected chi connectivity index (χ1v) is 9.48. The van der Waals surface area contributed by atoms with E-state index in [-0.39, 0.29) is 22.9 Å². The Balaban J connectivity index is 1.60. The summed E-state index contributed by atoms with van der Waals surface area (Å²) in [6, 6.07) is 11.5. The molecule has 2 aromatic carbocycles. The third-order valence-electron chi connectivity index (χ3n) is 4.78. The van der Waals surface area contributed by atoms with Crippen LogP contribution in [0.1, 0.15) is 37.8 Å². The van der Waals surface area contributed by atoms with E-state index in [4.69, 9.17) is 23.4 Å². The summed E-state index contributed by atoms with van der Waals surface area (Å²) >= 11 is 0. The van der Waals surface area contributed by atoms with Gasteiger partial charge < -0.3 is 23.4 Å². The van der Waals surface area contributed by atoms with Gasteiger partial charge in [0.1, 0.15) is 34.5 Å². The van der Waals surface area contributed by atoms with Crippen molar-refractivity contribution >= 4 is 17.8 Å². The number of ether oxygens (including phenoxy) is 4. The predicted molar refractivity (Wildman–Crippen MR) is 112 cm³/mol. The summed E-state index contributed by atoms with van der Waals surface area (Å²) in [6.45, 7) is 3.57. The van der Waals surface area contributed by atoms with Gasteiger partial charge in [-0.15, -0.1) is 0 Å². The van der Waals surface area contributed by atoms with E-state index >= 15 is 0 Å². The molecular formula is C24H20O7. The molecule has 0 atom stereocenters. The predicted octanol–water partition coefficient (Wildman–Crippen LogP) is 4.75. The number of rotatable bonds is 5. The number of esters is 1. The smallest absolute Gasteiger partial charge is 0.343 e. The van der Waals surface area contributed by atoms with Gasteiger partial charge in [0, 0.05) is 18.2 Å². The molecule has 31 heavy (non-hydrogen) atoms. The Morgan fingerprint density at radius 1 is 0.935 bits per heavy atom. The number of carbonyl (C=O) groups excluding carboxylic acids is 2. The first-order chi connectivity index (χ1) is 14.9. The number of Topliss-reactive ketones (excluding diaryl/α,β-unsaturated/α-hetero) is 1. The number of fused-ring (bicyclic) bond motifs is 1. The van der Waals surface area contributed by atoms with Crippen LogP contribution in [-0.2, 0) is 0 Å². The van der Waals surface area contributed by atoms with E-state index in [9.17, 15) is 9.59 Å². The molecule has 0 bridgehead atoms. The molecule has 3 aromatic rings. The van der Waals surface area contributed by atoms with Crippen molar-refractivity contribution in [3.63, 3.8) is 0 Å². The average molecular weight is 420 g/mol. The molecule has 7 heteroatoms. The van der Waals surface area contributed by atoms with Crippen LogP contribution in [0, 0.1) is 13.8 Å². The van der Waals surface area contributed by atoms with Crippen molar-refractivity contribution in [3.8, 4) is 23.0 Å². The van der Waals surface area contributed by atoms with E-state index < -0.39 is 5.97 Å². The SMILES string of the molecule is COc1cc(OC)cc(C(=O)Oc2cc(C)c3c(c2)O/C(=C\c2ccc(C)o2)C3=O)c1. The first kappa shape index (κ1) is 20.3. The third kappa shape index (κ3) is 4.02. The standard InChI is InChI=1S/C24H20O7/c1-13-7-19(30-24(26)15-8-17(27-3)10-18(9-15)28-4)12-20-22(13)23(25)21(31-20)11-16-6-5-14(2)29-16/h5-12H,1-4H3/b21-11-. The maximum atomic E-state index is 12.8. The van der Waals surface area contributed by atoms with Crippen molar-refractivity contribution in [1.82, 2.24) is 0 Å². The van der Waals surface area contributed by atoms with Crippen LogP contribution in [0.15, 0.2) is 52.6 Å². The van der Waals surface area contributed by atoms with Gasteiger partial charge in [-0.05, 0) is 49.7 Å². The largest absolute Gasteiger partial charge is 0.497 e. The molecule has 0 amide bonds. The zero-order valence-corrected chi connectivity index (χ0v) is 17.5. The molecule has 0 unspecified atom stereocenters. The zero-order chi connectivity index (χ0) is 22.1. The number of hydrogen-bond acceptors (Lipinski definition) is 7. The lowest BCUT2D eigenvalue weighted by atomic mass is 10.0.